The Morgan fingerprint density at radius 1 is 1.36 bits per heavy atom. The van der Waals surface area contributed by atoms with Gasteiger partial charge in [-0.3, -0.25) is 14.3 Å². The quantitative estimate of drug-likeness (QED) is 0.607. The molecule has 0 bridgehead atoms. The van der Waals surface area contributed by atoms with E-state index in [4.69, 9.17) is 10.8 Å². The van der Waals surface area contributed by atoms with Crippen molar-refractivity contribution in [2.24, 2.45) is 5.73 Å². The first-order valence-corrected chi connectivity index (χ1v) is 8.37. The Hall–Kier alpha value is -1.79. The first-order valence-electron chi connectivity index (χ1n) is 6.58. The average molecular weight is 324 g/mol. The van der Waals surface area contributed by atoms with Crippen LogP contribution in [0.15, 0.2) is 24.3 Å². The molecule has 7 nitrogen and oxygen atoms in total. The van der Waals surface area contributed by atoms with E-state index in [0.717, 1.165) is 10.9 Å². The van der Waals surface area contributed by atoms with Gasteiger partial charge in [0.25, 0.3) is 0 Å². The average Bonchev–Trinajstić information content (AvgIpc) is 2.37. The molecule has 0 saturated heterocycles. The van der Waals surface area contributed by atoms with Crippen molar-refractivity contribution in [3.05, 3.63) is 41.1 Å². The summed E-state index contributed by atoms with van der Waals surface area (Å²) in [7, 11) is -4.30. The number of aliphatic carboxylic acids is 1. The number of nitrogens with two attached hydrogens (primary N) is 1. The zero-order chi connectivity index (χ0) is 16.5. The predicted octanol–water partition coefficient (Wildman–Crippen LogP) is 1.18. The Labute approximate surface area is 127 Å². The molecule has 0 saturated carbocycles. The molecule has 1 heterocycles. The van der Waals surface area contributed by atoms with Crippen molar-refractivity contribution in [2.45, 2.75) is 25.5 Å². The normalized spacial score (nSPS) is 13.3. The van der Waals surface area contributed by atoms with E-state index in [2.05, 4.69) is 4.98 Å². The lowest BCUT2D eigenvalue weighted by Gasteiger charge is -2.14. The highest BCUT2D eigenvalue weighted by atomic mass is 31.2. The Bertz CT molecular complexity index is 771. The Morgan fingerprint density at radius 2 is 2.05 bits per heavy atom. The largest absolute Gasteiger partial charge is 0.480 e. The second kappa shape index (κ2) is 6.14. The monoisotopic (exact) mass is 324 g/mol. The molecule has 5 N–H and O–H groups in total. The first-order chi connectivity index (χ1) is 10.2. The summed E-state index contributed by atoms with van der Waals surface area (Å²) in [4.78, 5) is 33.6. The molecule has 0 aliphatic heterocycles. The molecule has 8 heteroatoms. The zero-order valence-corrected chi connectivity index (χ0v) is 12.8. The van der Waals surface area contributed by atoms with Crippen molar-refractivity contribution in [1.29, 1.82) is 0 Å². The van der Waals surface area contributed by atoms with E-state index in [1.54, 1.807) is 6.07 Å². The fraction of sp³-hybridized carbons (Fsp3) is 0.286. The van der Waals surface area contributed by atoms with Gasteiger partial charge >= 0.3 is 13.6 Å². The van der Waals surface area contributed by atoms with Crippen LogP contribution in [0.4, 0.5) is 0 Å². The number of fused-ring (bicyclic) bond motifs is 1. The summed E-state index contributed by atoms with van der Waals surface area (Å²) in [6, 6.07) is 5.96. The Balaban J connectivity index is 2.54. The highest BCUT2D eigenvalue weighted by Gasteiger charge is 2.21. The van der Waals surface area contributed by atoms with Crippen molar-refractivity contribution in [3.63, 3.8) is 0 Å². The van der Waals surface area contributed by atoms with Crippen LogP contribution in [0.5, 0.6) is 0 Å². The summed E-state index contributed by atoms with van der Waals surface area (Å²) in [6.07, 6.45) is -0.583. The molecule has 0 spiro atoms. The predicted molar refractivity (Wildman–Crippen MR) is 81.5 cm³/mol. The zero-order valence-electron chi connectivity index (χ0n) is 11.9. The molecule has 2 aromatic rings. The third kappa shape index (κ3) is 4.11. The molecule has 0 aliphatic rings. The molecule has 118 valence electrons. The molecule has 1 aromatic heterocycles. The molecule has 1 atom stereocenters. The van der Waals surface area contributed by atoms with Crippen LogP contribution in [-0.2, 0) is 21.9 Å². The fourth-order valence-electron chi connectivity index (χ4n) is 2.19. The molecular weight excluding hydrogens is 307 g/mol. The highest BCUT2D eigenvalue weighted by Crippen LogP contribution is 2.40. The second-order valence-corrected chi connectivity index (χ2v) is 6.91. The van der Waals surface area contributed by atoms with Crippen LogP contribution >= 0.6 is 7.60 Å². The minimum absolute atomic E-state index is 0.0887. The van der Waals surface area contributed by atoms with Gasteiger partial charge in [0.15, 0.2) is 0 Å². The summed E-state index contributed by atoms with van der Waals surface area (Å²) in [5.74, 6) is -1.19. The molecule has 1 aromatic carbocycles. The van der Waals surface area contributed by atoms with E-state index >= 15 is 0 Å². The topological polar surface area (TPSA) is 134 Å². The summed E-state index contributed by atoms with van der Waals surface area (Å²) in [5.41, 5.74) is 7.77. The third-order valence-corrected chi connectivity index (χ3v) is 4.00. The van der Waals surface area contributed by atoms with Crippen molar-refractivity contribution in [2.75, 3.05) is 0 Å². The van der Waals surface area contributed by atoms with Gasteiger partial charge in [-0.15, -0.1) is 0 Å². The van der Waals surface area contributed by atoms with Gasteiger partial charge in [-0.05, 0) is 30.2 Å². The number of pyridine rings is 1. The maximum absolute atomic E-state index is 11.3. The van der Waals surface area contributed by atoms with Gasteiger partial charge in [0.05, 0.1) is 11.7 Å². The summed E-state index contributed by atoms with van der Waals surface area (Å²) >= 11 is 0. The molecule has 0 radical (unpaired) electrons. The molecule has 22 heavy (non-hydrogen) atoms. The van der Waals surface area contributed by atoms with Crippen LogP contribution in [0.3, 0.4) is 0 Å². The lowest BCUT2D eigenvalue weighted by Crippen LogP contribution is -2.33. The highest BCUT2D eigenvalue weighted by molar-refractivity contribution is 7.50. The molecule has 0 amide bonds. The molecule has 2 rings (SSSR count). The number of hydrogen-bond donors (Lipinski definition) is 4. The lowest BCUT2D eigenvalue weighted by molar-refractivity contribution is -0.138. The molecular formula is C14H17N2O5P. The van der Waals surface area contributed by atoms with E-state index in [1.807, 2.05) is 25.1 Å². The number of carboxylic acids is 1. The van der Waals surface area contributed by atoms with Gasteiger partial charge in [-0.1, -0.05) is 12.1 Å². The van der Waals surface area contributed by atoms with Crippen molar-refractivity contribution in [1.82, 2.24) is 4.98 Å². The second-order valence-electron chi connectivity index (χ2n) is 5.26. The smallest absolute Gasteiger partial charge is 0.329 e. The van der Waals surface area contributed by atoms with E-state index < -0.39 is 25.8 Å². The van der Waals surface area contributed by atoms with Crippen LogP contribution < -0.4 is 5.73 Å². The van der Waals surface area contributed by atoms with Crippen LogP contribution in [0.1, 0.15) is 16.8 Å². The van der Waals surface area contributed by atoms with Gasteiger partial charge in [0, 0.05) is 17.5 Å². The van der Waals surface area contributed by atoms with Gasteiger partial charge in [-0.25, -0.2) is 0 Å². The first kappa shape index (κ1) is 16.6. The fourth-order valence-corrected chi connectivity index (χ4v) is 2.91. The van der Waals surface area contributed by atoms with Gasteiger partial charge in [0.2, 0.25) is 0 Å². The number of benzene rings is 1. The van der Waals surface area contributed by atoms with E-state index in [1.165, 1.54) is 0 Å². The van der Waals surface area contributed by atoms with Crippen molar-refractivity contribution >= 4 is 24.5 Å². The van der Waals surface area contributed by atoms with Gasteiger partial charge in [0.1, 0.15) is 6.04 Å². The van der Waals surface area contributed by atoms with Crippen LogP contribution in [0.2, 0.25) is 0 Å². The number of aryl methyl sites for hydroxylation is 1. The third-order valence-electron chi connectivity index (χ3n) is 3.25. The Kier molecular flexibility index (Phi) is 4.63. The number of carbonyl (C=O) groups is 1. The number of hydrogen-bond acceptors (Lipinski definition) is 4. The number of carboxylic acid groups (broad SMARTS) is 1. The standard InChI is InChI=1S/C14H17N2O5P/c1-8-2-3-9-5-10(7-22(19,20)21)13(16-12(9)4-8)6-11(15)14(17)18/h2-5,11H,6-7,15H2,1H3,(H,17,18)(H2,19,20,21)/t11-/m1/s1. The summed E-state index contributed by atoms with van der Waals surface area (Å²) in [6.45, 7) is 1.90. The molecule has 0 aliphatic carbocycles. The lowest BCUT2D eigenvalue weighted by atomic mass is 10.0. The SMILES string of the molecule is Cc1ccc2cc(CP(=O)(O)O)c(C[C@@H](N)C(=O)O)nc2c1. The van der Waals surface area contributed by atoms with Crippen LogP contribution in [0.25, 0.3) is 10.9 Å². The minimum atomic E-state index is -4.30. The van der Waals surface area contributed by atoms with Crippen molar-refractivity contribution in [3.8, 4) is 0 Å². The van der Waals surface area contributed by atoms with E-state index in [0.29, 0.717) is 16.8 Å². The number of nitrogens with zero attached hydrogens (tertiary/aromatic N) is 1. The van der Waals surface area contributed by atoms with Gasteiger partial charge in [-0.2, -0.15) is 0 Å². The van der Waals surface area contributed by atoms with Gasteiger partial charge < -0.3 is 20.6 Å². The number of aromatic nitrogens is 1. The van der Waals surface area contributed by atoms with Crippen molar-refractivity contribution < 1.29 is 24.3 Å². The van der Waals surface area contributed by atoms with Crippen LogP contribution in [-0.4, -0.2) is 31.9 Å². The van der Waals surface area contributed by atoms with E-state index in [-0.39, 0.29) is 6.42 Å². The molecule has 0 fully saturated rings. The Morgan fingerprint density at radius 3 is 2.64 bits per heavy atom. The maximum Gasteiger partial charge on any atom is 0.329 e. The molecule has 0 unspecified atom stereocenters. The minimum Gasteiger partial charge on any atom is -0.480 e. The summed E-state index contributed by atoms with van der Waals surface area (Å²) < 4.78 is 11.3. The summed E-state index contributed by atoms with van der Waals surface area (Å²) in [5, 5.41) is 9.66. The van der Waals surface area contributed by atoms with E-state index in [9.17, 15) is 19.1 Å². The maximum atomic E-state index is 11.3. The number of rotatable bonds is 5. The van der Waals surface area contributed by atoms with Crippen LogP contribution in [0, 0.1) is 6.92 Å².